The second-order valence-corrected chi connectivity index (χ2v) is 9.55. The molecule has 0 bridgehead atoms. The molecule has 186 valence electrons. The van der Waals surface area contributed by atoms with Gasteiger partial charge in [-0.05, 0) is 57.4 Å². The minimum absolute atomic E-state index is 0.0404. The third-order valence-corrected chi connectivity index (χ3v) is 6.64. The number of carbonyl (C=O) groups is 1. The van der Waals surface area contributed by atoms with E-state index in [0.717, 1.165) is 40.5 Å². The molecule has 2 heterocycles. The molecule has 2 aliphatic rings. The number of amides is 1. The lowest BCUT2D eigenvalue weighted by Crippen LogP contribution is -2.36. The van der Waals surface area contributed by atoms with Crippen LogP contribution in [0.2, 0.25) is 0 Å². The summed E-state index contributed by atoms with van der Waals surface area (Å²) in [6.45, 7) is 7.59. The number of aliphatic hydroxyl groups is 1. The molecule has 34 heavy (non-hydrogen) atoms. The van der Waals surface area contributed by atoms with E-state index in [1.54, 1.807) is 18.7 Å². The maximum atomic E-state index is 13.2. The summed E-state index contributed by atoms with van der Waals surface area (Å²) in [4.78, 5) is 22.0. The lowest BCUT2D eigenvalue weighted by Gasteiger charge is -2.28. The Kier molecular flexibility index (Phi) is 14.4. The molecule has 0 aliphatic carbocycles. The smallest absolute Gasteiger partial charge is 0.271 e. The number of rotatable bonds is 11. The van der Waals surface area contributed by atoms with Crippen LogP contribution in [0, 0.1) is 12.3 Å². The first-order valence-electron chi connectivity index (χ1n) is 11.6. The van der Waals surface area contributed by atoms with Gasteiger partial charge in [0, 0.05) is 42.1 Å². The number of aliphatic hydroxyl groups excluding tert-OH is 1. The van der Waals surface area contributed by atoms with E-state index < -0.39 is 0 Å². The zero-order chi connectivity index (χ0) is 25.5. The molecule has 0 aromatic rings. The minimum atomic E-state index is -0.326. The number of carbonyl (C=O) groups excluding carboxylic acids is 1. The van der Waals surface area contributed by atoms with Gasteiger partial charge in [-0.1, -0.05) is 43.0 Å². The molecule has 0 spiro atoms. The summed E-state index contributed by atoms with van der Waals surface area (Å²) in [5.41, 5.74) is 1.58. The topological polar surface area (TPSA) is 64.9 Å². The van der Waals surface area contributed by atoms with Gasteiger partial charge in [-0.15, -0.1) is 23.9 Å². The van der Waals surface area contributed by atoms with Crippen molar-refractivity contribution in [3.05, 3.63) is 57.7 Å². The predicted molar refractivity (Wildman–Crippen MR) is 148 cm³/mol. The molecular formula is C27H38ClN3O2S. The van der Waals surface area contributed by atoms with Gasteiger partial charge in [0.1, 0.15) is 11.5 Å². The van der Waals surface area contributed by atoms with Crippen LogP contribution in [0.15, 0.2) is 62.7 Å². The van der Waals surface area contributed by atoms with Gasteiger partial charge < -0.3 is 15.3 Å². The van der Waals surface area contributed by atoms with E-state index in [-0.39, 0.29) is 18.1 Å². The molecule has 2 atom stereocenters. The fraction of sp³-hybridized carbons (Fsp3) is 0.481. The average molecular weight is 504 g/mol. The number of aliphatic imine (C=N–C) groups is 1. The highest BCUT2D eigenvalue weighted by Gasteiger charge is 2.28. The standard InChI is InChI=1S/C24H34ClN3O2S.C3H4/c1-5-19(29)13-12-17(3)26-24(30)22-21(31-20(6-2)11-7-8-14-25)16-18-10-9-15-28(4)23(18)27-22;1-3-2/h6-10,15,17,19,29H,5,11-14,16H2,1-4H3,(H,26,30);1H,2H3/b8-7-,20-6+;. The monoisotopic (exact) mass is 503 g/mol. The van der Waals surface area contributed by atoms with Crippen molar-refractivity contribution in [1.82, 2.24) is 10.2 Å². The van der Waals surface area contributed by atoms with E-state index in [0.29, 0.717) is 24.4 Å². The zero-order valence-electron chi connectivity index (χ0n) is 21.0. The first-order valence-corrected chi connectivity index (χ1v) is 13.0. The van der Waals surface area contributed by atoms with Crippen LogP contribution in [0.25, 0.3) is 0 Å². The van der Waals surface area contributed by atoms with E-state index in [1.165, 1.54) is 0 Å². The van der Waals surface area contributed by atoms with Crippen molar-refractivity contribution in [3.8, 4) is 12.3 Å². The number of amidine groups is 1. The second-order valence-electron chi connectivity index (χ2n) is 8.02. The summed E-state index contributed by atoms with van der Waals surface area (Å²) in [6, 6.07) is -0.0404. The molecule has 0 saturated carbocycles. The van der Waals surface area contributed by atoms with Gasteiger partial charge in [0.15, 0.2) is 0 Å². The molecular weight excluding hydrogens is 466 g/mol. The second kappa shape index (κ2) is 16.4. The number of alkyl halides is 1. The number of fused-ring (bicyclic) bond motifs is 1. The summed E-state index contributed by atoms with van der Waals surface area (Å²) in [7, 11) is 1.94. The van der Waals surface area contributed by atoms with Crippen LogP contribution in [0.1, 0.15) is 59.8 Å². The first-order chi connectivity index (χ1) is 16.3. The van der Waals surface area contributed by atoms with E-state index in [4.69, 9.17) is 16.6 Å². The highest BCUT2D eigenvalue weighted by molar-refractivity contribution is 8.06. The number of hydrogen-bond acceptors (Lipinski definition) is 5. The van der Waals surface area contributed by atoms with Crippen LogP contribution < -0.4 is 5.32 Å². The summed E-state index contributed by atoms with van der Waals surface area (Å²) < 4.78 is 0. The summed E-state index contributed by atoms with van der Waals surface area (Å²) >= 11 is 7.36. The SMILES string of the molecule is C#CC.C/C=C(\C/C=C\CCl)SC1=C(C(=O)NC(C)CCC(O)CC)N=C2C(=CC=CN2C)C1. The first kappa shape index (κ1) is 29.8. The van der Waals surface area contributed by atoms with Gasteiger partial charge in [-0.3, -0.25) is 4.79 Å². The van der Waals surface area contributed by atoms with Crippen LogP contribution in [0.3, 0.4) is 0 Å². The van der Waals surface area contributed by atoms with Crippen molar-refractivity contribution in [2.45, 2.75) is 71.9 Å². The summed E-state index contributed by atoms with van der Waals surface area (Å²) in [6.07, 6.45) is 19.9. The van der Waals surface area contributed by atoms with Gasteiger partial charge in [-0.25, -0.2) is 4.99 Å². The molecule has 0 saturated heterocycles. The number of allylic oxidation sites excluding steroid dienone is 7. The van der Waals surface area contributed by atoms with Gasteiger partial charge in [-0.2, -0.15) is 0 Å². The van der Waals surface area contributed by atoms with E-state index in [9.17, 15) is 9.90 Å². The largest absolute Gasteiger partial charge is 0.393 e. The van der Waals surface area contributed by atoms with Crippen molar-refractivity contribution in [1.29, 1.82) is 0 Å². The van der Waals surface area contributed by atoms with Crippen LogP contribution >= 0.6 is 23.4 Å². The molecule has 5 nitrogen and oxygen atoms in total. The van der Waals surface area contributed by atoms with Crippen molar-refractivity contribution >= 4 is 35.1 Å². The maximum Gasteiger partial charge on any atom is 0.271 e. The third kappa shape index (κ3) is 9.97. The van der Waals surface area contributed by atoms with Crippen LogP contribution in [-0.4, -0.2) is 46.8 Å². The number of halogens is 1. The molecule has 1 amide bonds. The Morgan fingerprint density at radius 2 is 2.15 bits per heavy atom. The van der Waals surface area contributed by atoms with Gasteiger partial charge in [0.05, 0.1) is 6.10 Å². The number of likely N-dealkylation sites (N-methyl/N-ethyl adjacent to an activating group) is 1. The predicted octanol–water partition coefficient (Wildman–Crippen LogP) is 5.90. The zero-order valence-corrected chi connectivity index (χ0v) is 22.5. The molecule has 0 aromatic heterocycles. The van der Waals surface area contributed by atoms with Crippen molar-refractivity contribution in [3.63, 3.8) is 0 Å². The Labute approximate surface area is 214 Å². The Morgan fingerprint density at radius 3 is 2.76 bits per heavy atom. The summed E-state index contributed by atoms with van der Waals surface area (Å²) in [5.74, 6) is 3.39. The highest BCUT2D eigenvalue weighted by atomic mass is 35.5. The van der Waals surface area contributed by atoms with Crippen LogP contribution in [-0.2, 0) is 4.79 Å². The normalized spacial score (nSPS) is 17.2. The molecule has 0 aromatic carbocycles. The van der Waals surface area contributed by atoms with Crippen LogP contribution in [0.5, 0.6) is 0 Å². The molecule has 2 unspecified atom stereocenters. The highest BCUT2D eigenvalue weighted by Crippen LogP contribution is 2.39. The number of terminal acetylenes is 1. The van der Waals surface area contributed by atoms with Crippen molar-refractivity contribution in [2.24, 2.45) is 4.99 Å². The Bertz CT molecular complexity index is 909. The minimum Gasteiger partial charge on any atom is -0.393 e. The van der Waals surface area contributed by atoms with Crippen molar-refractivity contribution in [2.75, 3.05) is 12.9 Å². The molecule has 7 heteroatoms. The molecule has 2 N–H and O–H groups in total. The van der Waals surface area contributed by atoms with Gasteiger partial charge in [0.2, 0.25) is 0 Å². The van der Waals surface area contributed by atoms with Gasteiger partial charge in [0.25, 0.3) is 5.91 Å². The molecule has 2 rings (SSSR count). The fourth-order valence-corrected chi connectivity index (χ4v) is 4.49. The Hall–Kier alpha value is -2.20. The van der Waals surface area contributed by atoms with E-state index >= 15 is 0 Å². The Morgan fingerprint density at radius 1 is 1.44 bits per heavy atom. The lowest BCUT2D eigenvalue weighted by atomic mass is 10.0. The summed E-state index contributed by atoms with van der Waals surface area (Å²) in [5, 5.41) is 12.9. The van der Waals surface area contributed by atoms with Gasteiger partial charge >= 0.3 is 0 Å². The third-order valence-electron chi connectivity index (χ3n) is 5.21. The molecule has 2 aliphatic heterocycles. The van der Waals surface area contributed by atoms with E-state index in [1.807, 2.05) is 57.1 Å². The lowest BCUT2D eigenvalue weighted by molar-refractivity contribution is -0.118. The molecule has 0 radical (unpaired) electrons. The van der Waals surface area contributed by atoms with E-state index in [2.05, 4.69) is 29.8 Å². The number of nitrogens with zero attached hydrogens (tertiary/aromatic N) is 2. The quantitative estimate of drug-likeness (QED) is 0.209. The fourth-order valence-electron chi connectivity index (χ4n) is 3.29. The van der Waals surface area contributed by atoms with Crippen molar-refractivity contribution < 1.29 is 9.90 Å². The number of nitrogens with one attached hydrogen (secondary N) is 1. The van der Waals surface area contributed by atoms with Crippen LogP contribution in [0.4, 0.5) is 0 Å². The average Bonchev–Trinajstić information content (AvgIpc) is 2.82. The molecule has 0 fully saturated rings. The Balaban J connectivity index is 0.00000182. The maximum absolute atomic E-state index is 13.2. The number of thioether (sulfide) groups is 1. The number of hydrogen-bond donors (Lipinski definition) is 2.